The normalized spacial score (nSPS) is 12.9. The summed E-state index contributed by atoms with van der Waals surface area (Å²) in [4.78, 5) is 8.84. The van der Waals surface area contributed by atoms with Crippen molar-refractivity contribution >= 4 is 44.6 Å². The maximum Gasteiger partial charge on any atom is 0.136 e. The van der Waals surface area contributed by atoms with E-state index >= 15 is 8.78 Å². The maximum atomic E-state index is 16.6. The first kappa shape index (κ1) is 51.1. The Balaban J connectivity index is 0.00000641. The zero-order chi connectivity index (χ0) is 51.8. The number of ether oxygens (including phenoxy) is 1. The molecule has 0 unspecified atom stereocenters. The fourth-order valence-electron chi connectivity index (χ4n) is 9.97. The van der Waals surface area contributed by atoms with E-state index in [1.807, 2.05) is 120 Å². The number of hydrogen-bond acceptors (Lipinski definition) is 4. The zero-order valence-electron chi connectivity index (χ0n) is 43.4. The van der Waals surface area contributed by atoms with Crippen molar-refractivity contribution < 1.29 is 39.0 Å². The molecule has 0 amide bonds. The van der Waals surface area contributed by atoms with Gasteiger partial charge in [-0.3, -0.25) is 0 Å². The Morgan fingerprint density at radius 3 is 1.80 bits per heavy atom. The van der Waals surface area contributed by atoms with Crippen LogP contribution >= 0.6 is 0 Å². The second-order valence-electron chi connectivity index (χ2n) is 22.3. The van der Waals surface area contributed by atoms with Gasteiger partial charge in [-0.15, -0.1) is 48.1 Å². The summed E-state index contributed by atoms with van der Waals surface area (Å²) in [5.41, 5.74) is 10.5. The van der Waals surface area contributed by atoms with Gasteiger partial charge >= 0.3 is 0 Å². The van der Waals surface area contributed by atoms with Gasteiger partial charge in [-0.05, 0) is 97.5 Å². The topological polar surface area (TPSA) is 33.5 Å². The first-order valence-electron chi connectivity index (χ1n) is 25.0. The fourth-order valence-corrected chi connectivity index (χ4v) is 9.97. The molecular formula is C66H56F3N4OPt-3. The van der Waals surface area contributed by atoms with E-state index in [0.29, 0.717) is 22.9 Å². The van der Waals surface area contributed by atoms with Crippen molar-refractivity contribution in [1.82, 2.24) is 9.55 Å². The van der Waals surface area contributed by atoms with Crippen molar-refractivity contribution in [2.75, 3.05) is 9.80 Å². The number of hydrogen-bond donors (Lipinski definition) is 0. The quantitative estimate of drug-likeness (QED) is 0.142. The molecule has 0 atom stereocenters. The van der Waals surface area contributed by atoms with E-state index in [-0.39, 0.29) is 48.4 Å². The van der Waals surface area contributed by atoms with Gasteiger partial charge < -0.3 is 19.1 Å². The molecule has 3 heterocycles. The minimum atomic E-state index is -1.01. The van der Waals surface area contributed by atoms with E-state index in [9.17, 15) is 4.39 Å². The van der Waals surface area contributed by atoms with E-state index < -0.39 is 17.5 Å². The molecule has 1 aliphatic rings. The Bertz CT molecular complexity index is 3750. The molecule has 0 radical (unpaired) electrons. The van der Waals surface area contributed by atoms with E-state index in [0.717, 1.165) is 84.5 Å². The third-order valence-electron chi connectivity index (χ3n) is 14.0. The molecule has 10 aromatic rings. The number of anilines is 4. The molecule has 5 nitrogen and oxygen atoms in total. The average Bonchev–Trinajstić information content (AvgIpc) is 3.93. The number of pyridine rings is 1. The molecule has 8 aromatic carbocycles. The maximum absolute atomic E-state index is 16.6. The number of para-hydroxylation sites is 3. The summed E-state index contributed by atoms with van der Waals surface area (Å²) < 4.78 is 56.9. The monoisotopic (exact) mass is 1170 g/mol. The Morgan fingerprint density at radius 2 is 1.12 bits per heavy atom. The van der Waals surface area contributed by atoms with Gasteiger partial charge in [0.2, 0.25) is 0 Å². The predicted molar refractivity (Wildman–Crippen MR) is 297 cm³/mol. The zero-order valence-corrected chi connectivity index (χ0v) is 45.7. The summed E-state index contributed by atoms with van der Waals surface area (Å²) >= 11 is 0. The van der Waals surface area contributed by atoms with Gasteiger partial charge in [-0.1, -0.05) is 147 Å². The Morgan fingerprint density at radius 1 is 0.507 bits per heavy atom. The van der Waals surface area contributed by atoms with Gasteiger partial charge in [0, 0.05) is 84.6 Å². The Hall–Kier alpha value is -7.41. The van der Waals surface area contributed by atoms with E-state index in [1.165, 1.54) is 5.56 Å². The van der Waals surface area contributed by atoms with Crippen LogP contribution in [0.2, 0.25) is 0 Å². The number of rotatable bonds is 8. The molecular weight excluding hydrogens is 1120 g/mol. The summed E-state index contributed by atoms with van der Waals surface area (Å²) in [6.45, 7) is 21.6. The molecule has 0 fully saturated rings. The molecule has 1 aliphatic heterocycles. The van der Waals surface area contributed by atoms with E-state index in [2.05, 4.69) is 134 Å². The number of aromatic nitrogens is 2. The van der Waals surface area contributed by atoms with Crippen LogP contribution in [0, 0.1) is 36.3 Å². The van der Waals surface area contributed by atoms with E-state index in [1.54, 1.807) is 0 Å². The van der Waals surface area contributed by atoms with Crippen LogP contribution in [0.25, 0.3) is 61.0 Å². The molecule has 0 saturated heterocycles. The second-order valence-corrected chi connectivity index (χ2v) is 22.3. The van der Waals surface area contributed by atoms with Crippen molar-refractivity contribution in [1.29, 1.82) is 0 Å². The first-order valence-corrected chi connectivity index (χ1v) is 25.0. The average molecular weight is 1170 g/mol. The number of benzene rings is 8. The third kappa shape index (κ3) is 9.66. The fraction of sp³-hybridized carbons (Fsp3) is 0.182. The van der Waals surface area contributed by atoms with Crippen LogP contribution in [0.5, 0.6) is 11.5 Å². The summed E-state index contributed by atoms with van der Waals surface area (Å²) in [5, 5.41) is 2.10. The number of nitrogens with zero attached hydrogens (tertiary/aromatic N) is 4. The van der Waals surface area contributed by atoms with Gasteiger partial charge in [0.1, 0.15) is 23.3 Å². The van der Waals surface area contributed by atoms with Gasteiger partial charge in [-0.25, -0.2) is 18.2 Å². The van der Waals surface area contributed by atoms with Crippen LogP contribution in [0.1, 0.15) is 79.0 Å². The van der Waals surface area contributed by atoms with Gasteiger partial charge in [-0.2, -0.15) is 12.1 Å². The number of fused-ring (bicyclic) bond motifs is 4. The molecule has 0 saturated carbocycles. The molecule has 0 aliphatic carbocycles. The van der Waals surface area contributed by atoms with Gasteiger partial charge in [0.25, 0.3) is 0 Å². The summed E-state index contributed by atoms with van der Waals surface area (Å²) in [6.07, 6.45) is 1.86. The van der Waals surface area contributed by atoms with Gasteiger partial charge in [0.05, 0.1) is 5.56 Å². The number of halogens is 3. The molecule has 0 N–H and O–H groups in total. The molecule has 380 valence electrons. The first-order chi connectivity index (χ1) is 35.3. The Kier molecular flexibility index (Phi) is 13.2. The van der Waals surface area contributed by atoms with Crippen molar-refractivity contribution in [2.45, 2.75) is 78.6 Å². The second kappa shape index (κ2) is 19.4. The minimum Gasteiger partial charge on any atom is -0.509 e. The van der Waals surface area contributed by atoms with Crippen LogP contribution in [0.15, 0.2) is 170 Å². The molecule has 11 rings (SSSR count). The molecule has 9 heteroatoms. The summed E-state index contributed by atoms with van der Waals surface area (Å²) in [7, 11) is 0. The largest absolute Gasteiger partial charge is 0.509 e. The van der Waals surface area contributed by atoms with Crippen LogP contribution in [-0.2, 0) is 37.3 Å². The van der Waals surface area contributed by atoms with Crippen LogP contribution in [0.4, 0.5) is 35.9 Å². The molecule has 0 bridgehead atoms. The van der Waals surface area contributed by atoms with Crippen LogP contribution in [0.3, 0.4) is 0 Å². The third-order valence-corrected chi connectivity index (χ3v) is 14.0. The van der Waals surface area contributed by atoms with Crippen LogP contribution < -0.4 is 14.5 Å². The van der Waals surface area contributed by atoms with Crippen molar-refractivity contribution in [3.63, 3.8) is 0 Å². The van der Waals surface area contributed by atoms with Crippen molar-refractivity contribution in [2.24, 2.45) is 0 Å². The Labute approximate surface area is 452 Å². The summed E-state index contributed by atoms with van der Waals surface area (Å²) in [5.74, 6) is -1.27. The smallest absolute Gasteiger partial charge is 0.136 e. The van der Waals surface area contributed by atoms with Crippen LogP contribution in [-0.4, -0.2) is 9.55 Å². The predicted octanol–water partition coefficient (Wildman–Crippen LogP) is 18.3. The molecule has 75 heavy (non-hydrogen) atoms. The summed E-state index contributed by atoms with van der Waals surface area (Å²) in [6, 6.07) is 59.0. The SMILES string of the molecule is CC(C)(C)c1cc(-c2cc(-c3ccccc3)cc(-c3c(F)cc(F)cc3F)c2N2[CH-]N(c3[c-]c(Oc4[c-]c5c(cc4)c4ccccc4n5-c4cc(C(C)(C)C)ccn4)ccc3)c3ccccc32)cc(C(C)(C)C)c1.[Pt]. The molecule has 0 spiro atoms. The van der Waals surface area contributed by atoms with Gasteiger partial charge in [0.15, 0.2) is 0 Å². The standard InChI is InChI=1S/C66H56F3N4O.Pt/c1-64(2,3)44-28-29-70-61(35-44)73-57-23-14-13-22-51(57)52-27-26-50(39-60(52)73)74-49-21-17-20-48(38-49)71-40-72(59-25-16-15-24-58(59)71)63-53(43-30-45(65(4,5)6)34-46(31-43)66(7,8)9)32-42(41-18-11-10-12-19-41)33-54(63)62-55(68)36-47(67)37-56(62)69;/h10-37,40H,1-9H3;/q-3;. The van der Waals surface area contributed by atoms with E-state index in [4.69, 9.17) is 9.72 Å². The van der Waals surface area contributed by atoms with Crippen molar-refractivity contribution in [3.05, 3.63) is 223 Å². The minimum absolute atomic E-state index is 0. The van der Waals surface area contributed by atoms with Crippen molar-refractivity contribution in [3.8, 4) is 50.7 Å². The molecule has 2 aromatic heterocycles.